The number of aryl methyl sites for hydroxylation is 1. The lowest BCUT2D eigenvalue weighted by atomic mass is 9.83. The van der Waals surface area contributed by atoms with Crippen LogP contribution in [0.15, 0.2) is 127 Å². The Bertz CT molecular complexity index is 1420. The molecular weight excluding hydrogens is 472 g/mol. The van der Waals surface area contributed by atoms with Crippen LogP contribution in [0.25, 0.3) is 0 Å². The van der Waals surface area contributed by atoms with E-state index in [-0.39, 0.29) is 0 Å². The van der Waals surface area contributed by atoms with E-state index in [4.69, 9.17) is 0 Å². The van der Waals surface area contributed by atoms with Crippen LogP contribution in [0, 0.1) is 6.92 Å². The molecule has 1 unspecified atom stereocenters. The molecule has 5 aromatic carbocycles. The molecule has 0 radical (unpaired) electrons. The van der Waals surface area contributed by atoms with Gasteiger partial charge in [-0.2, -0.15) is 0 Å². The van der Waals surface area contributed by atoms with Gasteiger partial charge in [0.1, 0.15) is 0 Å². The summed E-state index contributed by atoms with van der Waals surface area (Å²) in [6.07, 6.45) is 3.12. The minimum atomic E-state index is 0.406. The Hall–Kier alpha value is -3.94. The molecule has 6 rings (SSSR count). The number of rotatable bonds is 4. The van der Waals surface area contributed by atoms with E-state index in [1.807, 2.05) is 18.2 Å². The van der Waals surface area contributed by atoms with E-state index in [0.717, 1.165) is 19.3 Å². The smallest absolute Gasteiger partial charge is 0.0351 e. The molecule has 1 nitrogen and oxygen atoms in total. The van der Waals surface area contributed by atoms with Crippen molar-refractivity contribution >= 4 is 0 Å². The minimum Gasteiger partial charge on any atom is -0.388 e. The first kappa shape index (κ1) is 28.1. The summed E-state index contributed by atoms with van der Waals surface area (Å²) < 4.78 is 4.25. The predicted molar refractivity (Wildman–Crippen MR) is 166 cm³/mol. The first-order valence-electron chi connectivity index (χ1n) is 13.8. The van der Waals surface area contributed by atoms with Crippen molar-refractivity contribution < 1.29 is 4.74 Å². The van der Waals surface area contributed by atoms with Gasteiger partial charge in [0.05, 0.1) is 0 Å². The molecule has 0 spiro atoms. The van der Waals surface area contributed by atoms with Gasteiger partial charge in [0.15, 0.2) is 0 Å². The van der Waals surface area contributed by atoms with Gasteiger partial charge in [0.25, 0.3) is 0 Å². The Morgan fingerprint density at radius 1 is 0.538 bits per heavy atom. The summed E-state index contributed by atoms with van der Waals surface area (Å²) >= 11 is 0. The highest BCUT2D eigenvalue weighted by atomic mass is 16.4. The largest absolute Gasteiger partial charge is 0.388 e. The first-order valence-corrected chi connectivity index (χ1v) is 13.8. The third-order valence-corrected chi connectivity index (χ3v) is 7.28. The predicted octanol–water partition coefficient (Wildman–Crippen LogP) is 9.18. The van der Waals surface area contributed by atoms with Crippen LogP contribution in [0.2, 0.25) is 0 Å². The quantitative estimate of drug-likeness (QED) is 0.229. The van der Waals surface area contributed by atoms with Crippen molar-refractivity contribution in [1.29, 1.82) is 0 Å². The second kappa shape index (κ2) is 14.3. The van der Waals surface area contributed by atoms with Crippen LogP contribution in [-0.2, 0) is 24.0 Å². The van der Waals surface area contributed by atoms with Crippen LogP contribution >= 0.6 is 0 Å². The van der Waals surface area contributed by atoms with Gasteiger partial charge in [-0.25, -0.2) is 0 Å². The lowest BCUT2D eigenvalue weighted by molar-refractivity contribution is 0.277. The van der Waals surface area contributed by atoms with Crippen LogP contribution in [0.5, 0.6) is 0 Å². The molecule has 0 fully saturated rings. The summed E-state index contributed by atoms with van der Waals surface area (Å²) in [6.45, 7) is 4.41. The average molecular weight is 513 g/mol. The topological polar surface area (TPSA) is 9.23 Å². The SMILES string of the molecule is CC(c1ccc(Cc2ccccc2)cc1)c1ccc2c(c1)Cc1ccccc1C2.COC.Cc1ccccc1. The normalized spacial score (nSPS) is 12.0. The van der Waals surface area contributed by atoms with Gasteiger partial charge in [-0.05, 0) is 70.7 Å². The van der Waals surface area contributed by atoms with Crippen molar-refractivity contribution in [3.63, 3.8) is 0 Å². The summed E-state index contributed by atoms with van der Waals surface area (Å²) in [5.74, 6) is 0.406. The number of fused-ring (bicyclic) bond motifs is 2. The second-order valence-corrected chi connectivity index (χ2v) is 10.3. The van der Waals surface area contributed by atoms with Crippen molar-refractivity contribution in [1.82, 2.24) is 0 Å². The lowest BCUT2D eigenvalue weighted by Crippen LogP contribution is -2.08. The Kier molecular flexibility index (Phi) is 10.3. The fourth-order valence-electron chi connectivity index (χ4n) is 5.05. The Morgan fingerprint density at radius 2 is 1.00 bits per heavy atom. The maximum absolute atomic E-state index is 4.25. The van der Waals surface area contributed by atoms with Crippen LogP contribution in [0.4, 0.5) is 0 Å². The van der Waals surface area contributed by atoms with Crippen LogP contribution < -0.4 is 0 Å². The van der Waals surface area contributed by atoms with Crippen molar-refractivity contribution in [3.8, 4) is 0 Å². The van der Waals surface area contributed by atoms with Crippen LogP contribution in [0.3, 0.4) is 0 Å². The molecule has 1 heteroatoms. The zero-order valence-electron chi connectivity index (χ0n) is 23.7. The van der Waals surface area contributed by atoms with Crippen molar-refractivity contribution in [2.24, 2.45) is 0 Å². The summed E-state index contributed by atoms with van der Waals surface area (Å²) in [5, 5.41) is 0. The molecule has 1 aliphatic carbocycles. The number of hydrogen-bond donors (Lipinski definition) is 0. The monoisotopic (exact) mass is 512 g/mol. The molecule has 0 aromatic heterocycles. The number of benzene rings is 5. The third kappa shape index (κ3) is 8.02. The highest BCUT2D eigenvalue weighted by Crippen LogP contribution is 2.31. The zero-order valence-corrected chi connectivity index (χ0v) is 23.7. The van der Waals surface area contributed by atoms with E-state index < -0.39 is 0 Å². The van der Waals surface area contributed by atoms with Crippen molar-refractivity contribution in [2.75, 3.05) is 14.2 Å². The van der Waals surface area contributed by atoms with Gasteiger partial charge in [-0.3, -0.25) is 0 Å². The molecule has 0 heterocycles. The fourth-order valence-corrected chi connectivity index (χ4v) is 5.05. The maximum Gasteiger partial charge on any atom is 0.0351 e. The molecule has 198 valence electrons. The lowest BCUT2D eigenvalue weighted by Gasteiger charge is -2.22. The van der Waals surface area contributed by atoms with E-state index >= 15 is 0 Å². The molecule has 0 N–H and O–H groups in total. The number of hydrogen-bond acceptors (Lipinski definition) is 1. The summed E-state index contributed by atoms with van der Waals surface area (Å²) in [5.41, 5.74) is 12.8. The Morgan fingerprint density at radius 3 is 1.56 bits per heavy atom. The summed E-state index contributed by atoms with van der Waals surface area (Å²) in [6, 6.07) is 46.1. The zero-order chi connectivity index (χ0) is 27.5. The first-order chi connectivity index (χ1) is 19.1. The number of ether oxygens (including phenoxy) is 1. The van der Waals surface area contributed by atoms with Crippen LogP contribution in [-0.4, -0.2) is 14.2 Å². The Balaban J connectivity index is 0.000000300. The van der Waals surface area contributed by atoms with Gasteiger partial charge in [0, 0.05) is 20.1 Å². The van der Waals surface area contributed by atoms with E-state index in [0.29, 0.717) is 5.92 Å². The summed E-state index contributed by atoms with van der Waals surface area (Å²) in [7, 11) is 3.25. The molecule has 0 aliphatic heterocycles. The summed E-state index contributed by atoms with van der Waals surface area (Å²) in [4.78, 5) is 0. The Labute approximate surface area is 235 Å². The highest BCUT2D eigenvalue weighted by Gasteiger charge is 2.17. The van der Waals surface area contributed by atoms with Gasteiger partial charge < -0.3 is 4.74 Å². The molecule has 0 saturated carbocycles. The standard InChI is InChI=1S/C29H26.C7H8.C2H6O/c1-21(24-13-11-23(12-14-24)17-22-7-3-2-4-8-22)25-15-16-28-19-26-9-5-6-10-27(26)20-29(28)18-25;1-7-5-3-2-4-6-7;1-3-2/h2-16,18,21H,17,19-20H2,1H3;2-6H,1H3;1-2H3. The van der Waals surface area contributed by atoms with E-state index in [1.165, 1.54) is 50.1 Å². The van der Waals surface area contributed by atoms with Gasteiger partial charge in [-0.1, -0.05) is 140 Å². The molecular formula is C38H40O. The fraction of sp³-hybridized carbons (Fsp3) is 0.211. The average Bonchev–Trinajstić information content (AvgIpc) is 2.97. The third-order valence-electron chi connectivity index (χ3n) is 7.28. The van der Waals surface area contributed by atoms with E-state index in [9.17, 15) is 0 Å². The molecule has 39 heavy (non-hydrogen) atoms. The van der Waals surface area contributed by atoms with Crippen molar-refractivity contribution in [3.05, 3.63) is 177 Å². The second-order valence-electron chi connectivity index (χ2n) is 10.3. The van der Waals surface area contributed by atoms with E-state index in [1.54, 1.807) is 14.2 Å². The molecule has 1 atom stereocenters. The molecule has 0 saturated heterocycles. The highest BCUT2D eigenvalue weighted by molar-refractivity contribution is 5.48. The minimum absolute atomic E-state index is 0.406. The van der Waals surface area contributed by atoms with Crippen LogP contribution in [0.1, 0.15) is 62.9 Å². The number of methoxy groups -OCH3 is 1. The van der Waals surface area contributed by atoms with Gasteiger partial charge in [-0.15, -0.1) is 0 Å². The molecule has 1 aliphatic rings. The molecule has 0 amide bonds. The van der Waals surface area contributed by atoms with Gasteiger partial charge in [0.2, 0.25) is 0 Å². The maximum atomic E-state index is 4.25. The van der Waals surface area contributed by atoms with E-state index in [2.05, 4.69) is 128 Å². The van der Waals surface area contributed by atoms with Crippen molar-refractivity contribution in [2.45, 2.75) is 39.0 Å². The van der Waals surface area contributed by atoms with Gasteiger partial charge >= 0.3 is 0 Å². The molecule has 0 bridgehead atoms. The molecule has 5 aromatic rings.